The maximum absolute atomic E-state index is 13.3. The summed E-state index contributed by atoms with van der Waals surface area (Å²) in [5.41, 5.74) is 3.35. The van der Waals surface area contributed by atoms with E-state index in [1.54, 1.807) is 21.3 Å². The number of nitrogens with zero attached hydrogens (tertiary/aromatic N) is 1. The van der Waals surface area contributed by atoms with Crippen molar-refractivity contribution in [3.05, 3.63) is 53.1 Å². The first-order chi connectivity index (χ1) is 14.0. The molecule has 3 rings (SSSR count). The largest absolute Gasteiger partial charge is 0.497 e. The van der Waals surface area contributed by atoms with Gasteiger partial charge in [0.05, 0.1) is 27.4 Å². The molecule has 1 aliphatic rings. The van der Waals surface area contributed by atoms with Crippen LogP contribution in [0.5, 0.6) is 17.2 Å². The Balaban J connectivity index is 2.10. The van der Waals surface area contributed by atoms with Crippen LogP contribution in [0, 0.1) is 5.92 Å². The zero-order valence-corrected chi connectivity index (χ0v) is 18.0. The van der Waals surface area contributed by atoms with Gasteiger partial charge in [-0.15, -0.1) is 0 Å². The molecule has 1 amide bonds. The van der Waals surface area contributed by atoms with Crippen LogP contribution < -0.4 is 14.2 Å². The molecular formula is C24H31NO4. The highest BCUT2D eigenvalue weighted by atomic mass is 16.5. The summed E-state index contributed by atoms with van der Waals surface area (Å²) in [6, 6.07) is 11.9. The van der Waals surface area contributed by atoms with Crippen LogP contribution in [0.3, 0.4) is 0 Å². The van der Waals surface area contributed by atoms with Crippen molar-refractivity contribution in [2.75, 3.05) is 27.9 Å². The summed E-state index contributed by atoms with van der Waals surface area (Å²) in [5, 5.41) is 0. The van der Waals surface area contributed by atoms with Crippen LogP contribution in [-0.4, -0.2) is 38.7 Å². The molecule has 0 aromatic heterocycles. The summed E-state index contributed by atoms with van der Waals surface area (Å²) in [6.07, 6.45) is 2.69. The molecule has 2 aromatic carbocycles. The average molecular weight is 398 g/mol. The van der Waals surface area contributed by atoms with E-state index in [0.717, 1.165) is 41.9 Å². The topological polar surface area (TPSA) is 48.0 Å². The molecule has 0 fully saturated rings. The summed E-state index contributed by atoms with van der Waals surface area (Å²) >= 11 is 0. The van der Waals surface area contributed by atoms with Crippen LogP contribution in [0.1, 0.15) is 49.4 Å². The number of carbonyl (C=O) groups excluding carboxylic acids is 1. The standard InChI is InChI=1S/C24H31NO4/c1-6-7-16(2)24(26)25-13-12-18-14-21(28-4)22(29-5)15-20(18)23(25)17-8-10-19(27-3)11-9-17/h8-11,14-16,23H,6-7,12-13H2,1-5H3/t16-,23-/m0/s1. The molecule has 0 unspecified atom stereocenters. The van der Waals surface area contributed by atoms with Gasteiger partial charge in [-0.05, 0) is 53.8 Å². The van der Waals surface area contributed by atoms with Crippen LogP contribution in [0.15, 0.2) is 36.4 Å². The second-order valence-electron chi connectivity index (χ2n) is 7.55. The van der Waals surface area contributed by atoms with E-state index >= 15 is 0 Å². The maximum atomic E-state index is 13.3. The van der Waals surface area contributed by atoms with Gasteiger partial charge in [-0.25, -0.2) is 0 Å². The van der Waals surface area contributed by atoms with Gasteiger partial charge in [0.15, 0.2) is 11.5 Å². The van der Waals surface area contributed by atoms with E-state index in [2.05, 4.69) is 6.92 Å². The van der Waals surface area contributed by atoms with Gasteiger partial charge in [0.2, 0.25) is 5.91 Å². The van der Waals surface area contributed by atoms with Crippen LogP contribution in [0.4, 0.5) is 0 Å². The predicted octanol–water partition coefficient (Wildman–Crippen LogP) is 4.62. The van der Waals surface area contributed by atoms with Gasteiger partial charge < -0.3 is 19.1 Å². The van der Waals surface area contributed by atoms with Gasteiger partial charge in [0, 0.05) is 12.5 Å². The van der Waals surface area contributed by atoms with Crippen molar-refractivity contribution < 1.29 is 19.0 Å². The van der Waals surface area contributed by atoms with Crippen LogP contribution in [0.25, 0.3) is 0 Å². The van der Waals surface area contributed by atoms with Gasteiger partial charge in [0.1, 0.15) is 5.75 Å². The zero-order valence-electron chi connectivity index (χ0n) is 18.0. The van der Waals surface area contributed by atoms with E-state index in [9.17, 15) is 4.79 Å². The van der Waals surface area contributed by atoms with Crippen molar-refractivity contribution >= 4 is 5.91 Å². The summed E-state index contributed by atoms with van der Waals surface area (Å²) in [6.45, 7) is 4.83. The molecule has 0 spiro atoms. The van der Waals surface area contributed by atoms with Crippen molar-refractivity contribution in [3.63, 3.8) is 0 Å². The van der Waals surface area contributed by atoms with Crippen molar-refractivity contribution in [2.45, 2.75) is 39.2 Å². The van der Waals surface area contributed by atoms with Crippen molar-refractivity contribution in [1.29, 1.82) is 0 Å². The quantitative estimate of drug-likeness (QED) is 0.684. The molecule has 156 valence electrons. The molecule has 1 aliphatic heterocycles. The predicted molar refractivity (Wildman–Crippen MR) is 114 cm³/mol. The fraction of sp³-hybridized carbons (Fsp3) is 0.458. The van der Waals surface area contributed by atoms with E-state index in [0.29, 0.717) is 12.3 Å². The summed E-state index contributed by atoms with van der Waals surface area (Å²) in [5.74, 6) is 2.41. The van der Waals surface area contributed by atoms with Crippen LogP contribution in [-0.2, 0) is 11.2 Å². The molecule has 5 heteroatoms. The number of hydrogen-bond acceptors (Lipinski definition) is 4. The Bertz CT molecular complexity index is 847. The second-order valence-corrected chi connectivity index (χ2v) is 7.55. The first kappa shape index (κ1) is 21.0. The highest BCUT2D eigenvalue weighted by Crippen LogP contribution is 2.42. The lowest BCUT2D eigenvalue weighted by atomic mass is 9.86. The third-order valence-electron chi connectivity index (χ3n) is 5.73. The molecular weight excluding hydrogens is 366 g/mol. The molecule has 0 aliphatic carbocycles. The summed E-state index contributed by atoms with van der Waals surface area (Å²) in [7, 11) is 4.95. The Labute approximate surface area is 173 Å². The fourth-order valence-electron chi connectivity index (χ4n) is 4.17. The first-order valence-corrected chi connectivity index (χ1v) is 10.2. The van der Waals surface area contributed by atoms with Gasteiger partial charge in [-0.3, -0.25) is 4.79 Å². The Kier molecular flexibility index (Phi) is 6.68. The third kappa shape index (κ3) is 4.19. The molecule has 2 aromatic rings. The Morgan fingerprint density at radius 1 is 1.07 bits per heavy atom. The SMILES string of the molecule is CCC[C@H](C)C(=O)N1CCc2cc(OC)c(OC)cc2[C@@H]1c1ccc(OC)cc1. The fourth-order valence-corrected chi connectivity index (χ4v) is 4.17. The van der Waals surface area contributed by atoms with E-state index in [4.69, 9.17) is 14.2 Å². The summed E-state index contributed by atoms with van der Waals surface area (Å²) < 4.78 is 16.4. The minimum Gasteiger partial charge on any atom is -0.497 e. The van der Waals surface area contributed by atoms with E-state index < -0.39 is 0 Å². The molecule has 29 heavy (non-hydrogen) atoms. The lowest BCUT2D eigenvalue weighted by Crippen LogP contribution is -2.43. The highest BCUT2D eigenvalue weighted by molar-refractivity contribution is 5.80. The minimum absolute atomic E-state index is 0.00226. The Morgan fingerprint density at radius 2 is 1.72 bits per heavy atom. The van der Waals surface area contributed by atoms with E-state index in [1.165, 1.54) is 5.56 Å². The number of rotatable bonds is 7. The molecule has 0 saturated heterocycles. The summed E-state index contributed by atoms with van der Waals surface area (Å²) in [4.78, 5) is 15.4. The third-order valence-corrected chi connectivity index (χ3v) is 5.73. The van der Waals surface area contributed by atoms with Gasteiger partial charge in [-0.1, -0.05) is 32.4 Å². The number of carbonyl (C=O) groups is 1. The average Bonchev–Trinajstić information content (AvgIpc) is 2.76. The van der Waals surface area contributed by atoms with Gasteiger partial charge >= 0.3 is 0 Å². The molecule has 0 saturated carbocycles. The molecule has 5 nitrogen and oxygen atoms in total. The molecule has 0 radical (unpaired) electrons. The monoisotopic (exact) mass is 397 g/mol. The number of hydrogen-bond donors (Lipinski definition) is 0. The van der Waals surface area contributed by atoms with Crippen molar-refractivity contribution in [1.82, 2.24) is 4.90 Å². The van der Waals surface area contributed by atoms with Gasteiger partial charge in [-0.2, -0.15) is 0 Å². The Morgan fingerprint density at radius 3 is 2.31 bits per heavy atom. The second kappa shape index (κ2) is 9.21. The number of benzene rings is 2. The minimum atomic E-state index is -0.156. The lowest BCUT2D eigenvalue weighted by Gasteiger charge is -2.39. The molecule has 2 atom stereocenters. The van der Waals surface area contributed by atoms with Crippen molar-refractivity contribution in [2.24, 2.45) is 5.92 Å². The van der Waals surface area contributed by atoms with Crippen molar-refractivity contribution in [3.8, 4) is 17.2 Å². The number of amides is 1. The smallest absolute Gasteiger partial charge is 0.226 e. The number of ether oxygens (including phenoxy) is 3. The molecule has 0 bridgehead atoms. The normalized spacial score (nSPS) is 16.7. The van der Waals surface area contributed by atoms with E-state index in [-0.39, 0.29) is 17.9 Å². The van der Waals surface area contributed by atoms with Crippen LogP contribution in [0.2, 0.25) is 0 Å². The van der Waals surface area contributed by atoms with Gasteiger partial charge in [0.25, 0.3) is 0 Å². The van der Waals surface area contributed by atoms with Crippen LogP contribution >= 0.6 is 0 Å². The number of fused-ring (bicyclic) bond motifs is 1. The Hall–Kier alpha value is -2.69. The molecule has 1 heterocycles. The number of methoxy groups -OCH3 is 3. The lowest BCUT2D eigenvalue weighted by molar-refractivity contribution is -0.137. The maximum Gasteiger partial charge on any atom is 0.226 e. The highest BCUT2D eigenvalue weighted by Gasteiger charge is 2.34. The molecule has 0 N–H and O–H groups in total. The zero-order chi connectivity index (χ0) is 21.0. The first-order valence-electron chi connectivity index (χ1n) is 10.2. The van der Waals surface area contributed by atoms with E-state index in [1.807, 2.05) is 48.2 Å².